The number of carbonyl (C=O) groups is 2. The van der Waals surface area contributed by atoms with E-state index in [-0.39, 0.29) is 17.4 Å². The molecule has 12 heteroatoms. The van der Waals surface area contributed by atoms with Crippen LogP contribution in [0.15, 0.2) is 27.9 Å². The lowest BCUT2D eigenvalue weighted by Gasteiger charge is -2.08. The molecule has 11 nitrogen and oxygen atoms in total. The molecule has 2 amide bonds. The van der Waals surface area contributed by atoms with Crippen molar-refractivity contribution in [3.05, 3.63) is 29.7 Å². The smallest absolute Gasteiger partial charge is 0.342 e. The van der Waals surface area contributed by atoms with E-state index < -0.39 is 27.1 Å². The topological polar surface area (TPSA) is 150 Å². The molecule has 0 aliphatic heterocycles. The zero-order valence-corrected chi connectivity index (χ0v) is 14.2. The van der Waals surface area contributed by atoms with E-state index in [0.29, 0.717) is 5.69 Å². The second-order valence-corrected chi connectivity index (χ2v) is 6.13. The fraction of sp³-hybridized carbons (Fsp3) is 0.231. The van der Waals surface area contributed by atoms with Gasteiger partial charge in [0.2, 0.25) is 11.8 Å². The number of anilines is 1. The predicted octanol–water partition coefficient (Wildman–Crippen LogP) is 0.684. The summed E-state index contributed by atoms with van der Waals surface area (Å²) in [6, 6.07) is 1.47. The quantitative estimate of drug-likeness (QED) is 0.724. The molecule has 0 saturated carbocycles. The van der Waals surface area contributed by atoms with Gasteiger partial charge in [0.25, 0.3) is 15.1 Å². The minimum absolute atomic E-state index is 0.169. The molecule has 25 heavy (non-hydrogen) atoms. The third-order valence-corrected chi connectivity index (χ3v) is 4.03. The van der Waals surface area contributed by atoms with Gasteiger partial charge in [0, 0.05) is 11.8 Å². The van der Waals surface area contributed by atoms with Crippen LogP contribution in [0.2, 0.25) is 0 Å². The van der Waals surface area contributed by atoms with Crippen LogP contribution in [-0.4, -0.2) is 44.6 Å². The Hall–Kier alpha value is -3.15. The number of aryl methyl sites for hydroxylation is 1. The zero-order chi connectivity index (χ0) is 18.6. The second kappa shape index (κ2) is 7.17. The first-order valence-electron chi connectivity index (χ1n) is 6.66. The Morgan fingerprint density at radius 1 is 1.24 bits per heavy atom. The lowest BCUT2D eigenvalue weighted by molar-refractivity contribution is 0.0593. The number of hydrogen-bond donors (Lipinski definition) is 2. The molecule has 2 aromatic heterocycles. The van der Waals surface area contributed by atoms with Crippen molar-refractivity contribution in [3.8, 4) is 5.88 Å². The van der Waals surface area contributed by atoms with Gasteiger partial charge in [-0.25, -0.2) is 19.3 Å². The molecule has 0 aliphatic carbocycles. The highest BCUT2D eigenvalue weighted by Gasteiger charge is 2.29. The van der Waals surface area contributed by atoms with E-state index in [1.54, 1.807) is 11.6 Å². The molecule has 0 aliphatic rings. The van der Waals surface area contributed by atoms with Crippen molar-refractivity contribution in [3.63, 3.8) is 0 Å². The normalized spacial score (nSPS) is 10.8. The SMILES string of the molecule is COC(=O)c1ccoc1S(=O)(=O)NC(=O)Nc1nc(C)cc(OC)n1. The van der Waals surface area contributed by atoms with Gasteiger partial charge in [0.1, 0.15) is 5.56 Å². The molecular formula is C13H14N4O7S. The Balaban J connectivity index is 2.19. The molecule has 0 unspecified atom stereocenters. The largest absolute Gasteiger partial charge is 0.481 e. The summed E-state index contributed by atoms with van der Waals surface area (Å²) in [6.07, 6.45) is 0.979. The van der Waals surface area contributed by atoms with Crippen molar-refractivity contribution in [2.45, 2.75) is 12.0 Å². The van der Waals surface area contributed by atoms with Crippen molar-refractivity contribution in [2.75, 3.05) is 19.5 Å². The van der Waals surface area contributed by atoms with Crippen LogP contribution in [0.4, 0.5) is 10.7 Å². The van der Waals surface area contributed by atoms with Gasteiger partial charge in [-0.1, -0.05) is 0 Å². The van der Waals surface area contributed by atoms with Gasteiger partial charge in [-0.05, 0) is 13.0 Å². The Kier molecular flexibility index (Phi) is 5.22. The number of aromatic nitrogens is 2. The van der Waals surface area contributed by atoms with E-state index in [1.807, 2.05) is 0 Å². The van der Waals surface area contributed by atoms with Gasteiger partial charge in [0.05, 0.1) is 20.5 Å². The summed E-state index contributed by atoms with van der Waals surface area (Å²) in [5.41, 5.74) is 0.139. The molecule has 0 saturated heterocycles. The summed E-state index contributed by atoms with van der Waals surface area (Å²) in [4.78, 5) is 31.2. The molecular weight excluding hydrogens is 356 g/mol. The van der Waals surface area contributed by atoms with Gasteiger partial charge in [-0.15, -0.1) is 0 Å². The van der Waals surface area contributed by atoms with E-state index in [1.165, 1.54) is 13.2 Å². The number of sulfonamides is 1. The summed E-state index contributed by atoms with van der Waals surface area (Å²) in [5, 5.41) is 1.40. The van der Waals surface area contributed by atoms with E-state index in [2.05, 4.69) is 20.0 Å². The average molecular weight is 370 g/mol. The van der Waals surface area contributed by atoms with Gasteiger partial charge >= 0.3 is 12.0 Å². The number of nitrogens with one attached hydrogen (secondary N) is 2. The number of amides is 2. The second-order valence-electron chi connectivity index (χ2n) is 4.55. The fourth-order valence-electron chi connectivity index (χ4n) is 1.76. The van der Waals surface area contributed by atoms with Crippen LogP contribution in [0.1, 0.15) is 16.1 Å². The summed E-state index contributed by atoms with van der Waals surface area (Å²) in [7, 11) is -2.01. The molecule has 0 bridgehead atoms. The number of hydrogen-bond acceptors (Lipinski definition) is 9. The lowest BCUT2D eigenvalue weighted by atomic mass is 10.3. The van der Waals surface area contributed by atoms with Gasteiger partial charge in [0.15, 0.2) is 0 Å². The standard InChI is InChI=1S/C13H14N4O7S/c1-7-6-9(22-2)15-12(14-7)16-13(19)17-25(20,21)11-8(4-5-24-11)10(18)23-3/h4-6H,1-3H3,(H2,14,15,16,17,19). The number of rotatable bonds is 5. The molecule has 0 radical (unpaired) electrons. The third-order valence-electron chi connectivity index (χ3n) is 2.77. The van der Waals surface area contributed by atoms with Crippen LogP contribution in [0, 0.1) is 6.92 Å². The fourth-order valence-corrected chi connectivity index (χ4v) is 2.77. The Morgan fingerprint density at radius 2 is 1.96 bits per heavy atom. The summed E-state index contributed by atoms with van der Waals surface area (Å²) >= 11 is 0. The maximum absolute atomic E-state index is 12.2. The first-order valence-corrected chi connectivity index (χ1v) is 8.14. The van der Waals surface area contributed by atoms with Crippen molar-refractivity contribution in [2.24, 2.45) is 0 Å². The van der Waals surface area contributed by atoms with Gasteiger partial charge in [-0.2, -0.15) is 13.4 Å². The molecule has 2 rings (SSSR count). The van der Waals surface area contributed by atoms with Gasteiger partial charge < -0.3 is 13.9 Å². The minimum Gasteiger partial charge on any atom is -0.481 e. The molecule has 0 fully saturated rings. The highest BCUT2D eigenvalue weighted by Crippen LogP contribution is 2.18. The Morgan fingerprint density at radius 3 is 2.60 bits per heavy atom. The van der Waals surface area contributed by atoms with Crippen LogP contribution in [-0.2, 0) is 14.8 Å². The third kappa shape index (κ3) is 4.23. The molecule has 0 atom stereocenters. The number of methoxy groups -OCH3 is 2. The van der Waals surface area contributed by atoms with Crippen LogP contribution in [0.3, 0.4) is 0 Å². The van der Waals surface area contributed by atoms with Crippen molar-refractivity contribution >= 4 is 28.0 Å². The van der Waals surface area contributed by atoms with E-state index >= 15 is 0 Å². The lowest BCUT2D eigenvalue weighted by Crippen LogP contribution is -2.35. The number of esters is 1. The highest BCUT2D eigenvalue weighted by atomic mass is 32.2. The molecule has 2 aromatic rings. The van der Waals surface area contributed by atoms with Crippen molar-refractivity contribution < 1.29 is 31.9 Å². The van der Waals surface area contributed by atoms with Crippen LogP contribution in [0.25, 0.3) is 0 Å². The van der Waals surface area contributed by atoms with Crippen LogP contribution >= 0.6 is 0 Å². The number of carbonyl (C=O) groups excluding carboxylic acids is 2. The van der Waals surface area contributed by atoms with E-state index in [9.17, 15) is 18.0 Å². The number of ether oxygens (including phenoxy) is 2. The molecule has 0 aromatic carbocycles. The predicted molar refractivity (Wildman–Crippen MR) is 82.7 cm³/mol. The van der Waals surface area contributed by atoms with E-state index in [0.717, 1.165) is 19.4 Å². The molecule has 2 heterocycles. The molecule has 134 valence electrons. The minimum atomic E-state index is -4.46. The maximum atomic E-state index is 12.2. The van der Waals surface area contributed by atoms with Crippen molar-refractivity contribution in [1.29, 1.82) is 0 Å². The summed E-state index contributed by atoms with van der Waals surface area (Å²) in [6.45, 7) is 1.63. The summed E-state index contributed by atoms with van der Waals surface area (Å²) < 4.78 is 40.2. The molecule has 2 N–H and O–H groups in total. The van der Waals surface area contributed by atoms with Gasteiger partial charge in [-0.3, -0.25) is 5.32 Å². The zero-order valence-electron chi connectivity index (χ0n) is 13.4. The van der Waals surface area contributed by atoms with Crippen LogP contribution < -0.4 is 14.8 Å². The average Bonchev–Trinajstić information content (AvgIpc) is 3.03. The number of furan rings is 1. The first-order chi connectivity index (χ1) is 11.8. The Labute approximate surface area is 142 Å². The van der Waals surface area contributed by atoms with Crippen molar-refractivity contribution in [1.82, 2.24) is 14.7 Å². The van der Waals surface area contributed by atoms with Crippen LogP contribution in [0.5, 0.6) is 5.88 Å². The summed E-state index contributed by atoms with van der Waals surface area (Å²) in [5.74, 6) is -0.914. The van der Waals surface area contributed by atoms with E-state index in [4.69, 9.17) is 9.15 Å². The number of urea groups is 1. The molecule has 0 spiro atoms. The Bertz CT molecular complexity index is 907. The highest BCUT2D eigenvalue weighted by molar-refractivity contribution is 7.90. The number of nitrogens with zero attached hydrogens (tertiary/aromatic N) is 2. The monoisotopic (exact) mass is 370 g/mol. The maximum Gasteiger partial charge on any atom is 0.342 e. The first kappa shape index (κ1) is 18.2.